The van der Waals surface area contributed by atoms with E-state index in [4.69, 9.17) is 14.2 Å². The van der Waals surface area contributed by atoms with Gasteiger partial charge in [-0.15, -0.1) is 0 Å². The maximum Gasteiger partial charge on any atom is 0.306 e. The normalized spacial score (nSPS) is 13.5. The molecule has 0 aromatic rings. The van der Waals surface area contributed by atoms with Crippen molar-refractivity contribution in [2.75, 3.05) is 41.0 Å². The van der Waals surface area contributed by atoms with Gasteiger partial charge in [0, 0.05) is 19.3 Å². The number of rotatable bonds is 46. The Balaban J connectivity index is 4.31. The van der Waals surface area contributed by atoms with E-state index in [9.17, 15) is 19.5 Å². The molecule has 0 amide bonds. The number of hydrogen-bond acceptors (Lipinski definition) is 7. The summed E-state index contributed by atoms with van der Waals surface area (Å²) in [5, 5.41) is 11.7. The van der Waals surface area contributed by atoms with Gasteiger partial charge in [-0.05, 0) is 83.5 Å². The van der Waals surface area contributed by atoms with Crippen LogP contribution in [0, 0.1) is 0 Å². The minimum absolute atomic E-state index is 0.0261. The lowest BCUT2D eigenvalue weighted by Crippen LogP contribution is -2.55. The van der Waals surface area contributed by atoms with Crippen molar-refractivity contribution in [2.24, 2.45) is 0 Å². The van der Waals surface area contributed by atoms with Gasteiger partial charge < -0.3 is 28.6 Å². The summed E-state index contributed by atoms with van der Waals surface area (Å²) in [5.74, 6) is -1.77. The molecule has 8 heteroatoms. The van der Waals surface area contributed by atoms with Crippen molar-refractivity contribution in [3.05, 3.63) is 72.9 Å². The van der Waals surface area contributed by atoms with Gasteiger partial charge in [0.15, 0.2) is 6.10 Å². The lowest BCUT2D eigenvalue weighted by atomic mass is 10.1. The summed E-state index contributed by atoms with van der Waals surface area (Å²) in [6.45, 7) is 4.53. The number of carboxylic acid groups (broad SMARTS) is 1. The van der Waals surface area contributed by atoms with Crippen LogP contribution in [-0.4, -0.2) is 75.5 Å². The second kappa shape index (κ2) is 46.3. The van der Waals surface area contributed by atoms with E-state index in [1.54, 1.807) is 21.1 Å². The van der Waals surface area contributed by atoms with Gasteiger partial charge in [0.2, 0.25) is 0 Å². The van der Waals surface area contributed by atoms with Crippen molar-refractivity contribution in [2.45, 2.75) is 225 Å². The van der Waals surface area contributed by atoms with E-state index in [0.717, 1.165) is 83.5 Å². The number of nitrogens with zero attached hydrogens (tertiary/aromatic N) is 1. The molecule has 0 spiro atoms. The standard InChI is InChI=1S/C56H97NO7/c1-6-8-10-12-14-16-18-20-22-24-26-28-30-32-34-36-38-40-42-44-46-54(58)63-51-52(50-62-49-48-53(56(60)61)57(3,4)5)64-55(59)47-45-43-41-39-37-35-33-31-29-27-25-23-21-19-17-15-13-11-9-7-2/h9,11,15,17,21,23,26-29,33,35,52-53H,6-8,10,12-14,16,18-20,22,24-25,30-32,34,36-51H2,1-5H3/b11-9+,17-15+,23-21+,28-26+,29-27+,35-33+. The Labute approximate surface area is 393 Å². The van der Waals surface area contributed by atoms with Crippen LogP contribution < -0.4 is 5.11 Å². The number of likely N-dealkylation sites (N-methyl/N-ethyl adjacent to an activating group) is 1. The maximum absolute atomic E-state index is 12.8. The molecule has 0 fully saturated rings. The average Bonchev–Trinajstić information content (AvgIpc) is 3.26. The first-order valence-electron chi connectivity index (χ1n) is 26.0. The van der Waals surface area contributed by atoms with Crippen molar-refractivity contribution in [1.29, 1.82) is 0 Å². The fraction of sp³-hybridized carbons (Fsp3) is 0.732. The van der Waals surface area contributed by atoms with Crippen LogP contribution >= 0.6 is 0 Å². The number of carbonyl (C=O) groups is 3. The third-order valence-corrected chi connectivity index (χ3v) is 11.3. The minimum atomic E-state index is -1.13. The molecule has 2 unspecified atom stereocenters. The zero-order chi connectivity index (χ0) is 47.0. The second-order valence-corrected chi connectivity index (χ2v) is 18.4. The quantitative estimate of drug-likeness (QED) is 0.0259. The van der Waals surface area contributed by atoms with Gasteiger partial charge in [-0.1, -0.05) is 183 Å². The van der Waals surface area contributed by atoms with Crippen LogP contribution in [0.3, 0.4) is 0 Å². The van der Waals surface area contributed by atoms with Gasteiger partial charge in [-0.3, -0.25) is 9.59 Å². The van der Waals surface area contributed by atoms with Gasteiger partial charge in [-0.25, -0.2) is 0 Å². The predicted molar refractivity (Wildman–Crippen MR) is 268 cm³/mol. The third-order valence-electron chi connectivity index (χ3n) is 11.3. The molecule has 8 nitrogen and oxygen atoms in total. The Morgan fingerprint density at radius 2 is 0.875 bits per heavy atom. The molecule has 0 bridgehead atoms. The molecular weight excluding hydrogens is 799 g/mol. The molecule has 368 valence electrons. The van der Waals surface area contributed by atoms with Crippen molar-refractivity contribution in [3.63, 3.8) is 0 Å². The zero-order valence-corrected chi connectivity index (χ0v) is 41.9. The van der Waals surface area contributed by atoms with E-state index >= 15 is 0 Å². The first kappa shape index (κ1) is 60.8. The van der Waals surface area contributed by atoms with Crippen LogP contribution in [0.25, 0.3) is 0 Å². The first-order valence-corrected chi connectivity index (χ1v) is 26.0. The van der Waals surface area contributed by atoms with E-state index < -0.39 is 18.1 Å². The fourth-order valence-electron chi connectivity index (χ4n) is 7.33. The lowest BCUT2D eigenvalue weighted by molar-refractivity contribution is -0.889. The summed E-state index contributed by atoms with van der Waals surface area (Å²) in [6, 6.07) is -0.735. The molecule has 0 rings (SSSR count). The number of carbonyl (C=O) groups excluding carboxylic acids is 3. The topological polar surface area (TPSA) is 102 Å². The highest BCUT2D eigenvalue weighted by Gasteiger charge is 2.25. The van der Waals surface area contributed by atoms with Crippen LogP contribution in [0.2, 0.25) is 0 Å². The van der Waals surface area contributed by atoms with Gasteiger partial charge in [0.25, 0.3) is 0 Å². The first-order chi connectivity index (χ1) is 31.1. The minimum Gasteiger partial charge on any atom is -0.544 e. The SMILES string of the molecule is CC/C=C/C/C=C/C/C=C/C/C=C/C/C=C/CCCCCCC(=O)OC(COCCC(C(=O)[O-])[N+](C)(C)C)COC(=O)CCCCCCCCC/C=C/CCCCCCCCCCC. The van der Waals surface area contributed by atoms with Crippen LogP contribution in [0.15, 0.2) is 72.9 Å². The largest absolute Gasteiger partial charge is 0.544 e. The molecule has 0 radical (unpaired) electrons. The Morgan fingerprint density at radius 3 is 1.31 bits per heavy atom. The van der Waals surface area contributed by atoms with Crippen LogP contribution in [-0.2, 0) is 28.6 Å². The highest BCUT2D eigenvalue weighted by Crippen LogP contribution is 2.14. The number of ether oxygens (including phenoxy) is 3. The number of esters is 2. The van der Waals surface area contributed by atoms with Crippen LogP contribution in [0.5, 0.6) is 0 Å². The second-order valence-electron chi connectivity index (χ2n) is 18.4. The molecule has 0 N–H and O–H groups in total. The molecule has 0 aromatic heterocycles. The molecule has 0 aliphatic carbocycles. The van der Waals surface area contributed by atoms with Gasteiger partial charge in [0.1, 0.15) is 12.6 Å². The Bertz CT molecular complexity index is 1270. The number of quaternary nitrogens is 1. The van der Waals surface area contributed by atoms with Crippen molar-refractivity contribution in [3.8, 4) is 0 Å². The van der Waals surface area contributed by atoms with Crippen LogP contribution in [0.1, 0.15) is 213 Å². The Morgan fingerprint density at radius 1 is 0.484 bits per heavy atom. The highest BCUT2D eigenvalue weighted by molar-refractivity contribution is 5.70. The Kier molecular flexibility index (Phi) is 44.0. The van der Waals surface area contributed by atoms with E-state index in [1.807, 2.05) is 0 Å². The number of allylic oxidation sites excluding steroid dienone is 12. The van der Waals surface area contributed by atoms with E-state index in [-0.39, 0.29) is 49.1 Å². The van der Waals surface area contributed by atoms with Gasteiger partial charge in [-0.2, -0.15) is 0 Å². The molecule has 0 aromatic carbocycles. The van der Waals surface area contributed by atoms with Crippen molar-refractivity contribution < 1.29 is 38.2 Å². The number of hydrogen-bond donors (Lipinski definition) is 0. The summed E-state index contributed by atoms with van der Waals surface area (Å²) >= 11 is 0. The molecule has 0 aliphatic heterocycles. The molecule has 0 heterocycles. The van der Waals surface area contributed by atoms with E-state index in [1.165, 1.54) is 96.3 Å². The third kappa shape index (κ3) is 44.0. The average molecular weight is 896 g/mol. The van der Waals surface area contributed by atoms with Crippen molar-refractivity contribution in [1.82, 2.24) is 0 Å². The Hall–Kier alpha value is -3.23. The monoisotopic (exact) mass is 896 g/mol. The fourth-order valence-corrected chi connectivity index (χ4v) is 7.33. The van der Waals surface area contributed by atoms with Crippen LogP contribution in [0.4, 0.5) is 0 Å². The highest BCUT2D eigenvalue weighted by atomic mass is 16.6. The molecule has 0 aliphatic rings. The lowest BCUT2D eigenvalue weighted by Gasteiger charge is -2.34. The predicted octanol–water partition coefficient (Wildman–Crippen LogP) is 13.8. The van der Waals surface area contributed by atoms with Gasteiger partial charge in [0.05, 0.1) is 40.3 Å². The molecule has 0 saturated heterocycles. The van der Waals surface area contributed by atoms with Crippen molar-refractivity contribution >= 4 is 17.9 Å². The summed E-state index contributed by atoms with van der Waals surface area (Å²) < 4.78 is 17.2. The van der Waals surface area contributed by atoms with Gasteiger partial charge >= 0.3 is 11.9 Å². The molecule has 0 saturated carbocycles. The maximum atomic E-state index is 12.8. The summed E-state index contributed by atoms with van der Waals surface area (Å²) in [7, 11) is 5.40. The van der Waals surface area contributed by atoms with E-state index in [2.05, 4.69) is 86.8 Å². The number of aliphatic carboxylic acids is 1. The summed E-state index contributed by atoms with van der Waals surface area (Å²) in [6.07, 6.45) is 59.3. The molecule has 2 atom stereocenters. The van der Waals surface area contributed by atoms with E-state index in [0.29, 0.717) is 6.42 Å². The molecular formula is C56H97NO7. The smallest absolute Gasteiger partial charge is 0.306 e. The summed E-state index contributed by atoms with van der Waals surface area (Å²) in [5.41, 5.74) is 0. The zero-order valence-electron chi connectivity index (χ0n) is 41.9. The number of carboxylic acids is 1. The summed E-state index contributed by atoms with van der Waals surface area (Å²) in [4.78, 5) is 37.0. The molecule has 64 heavy (non-hydrogen) atoms. The number of unbranched alkanes of at least 4 members (excludes halogenated alkanes) is 20.